The highest BCUT2D eigenvalue weighted by Crippen LogP contribution is 2.13. The number of aromatic nitrogens is 2. The lowest BCUT2D eigenvalue weighted by molar-refractivity contribution is 0.104. The predicted octanol–water partition coefficient (Wildman–Crippen LogP) is 3.47. The molecule has 2 aromatic carbocycles. The molecule has 0 bridgehead atoms. The van der Waals surface area contributed by atoms with Gasteiger partial charge in [0, 0.05) is 17.3 Å². The molecule has 3 aromatic rings. The Hall–Kier alpha value is -3.14. The van der Waals surface area contributed by atoms with E-state index in [1.165, 1.54) is 18.2 Å². The van der Waals surface area contributed by atoms with Crippen molar-refractivity contribution < 1.29 is 9.90 Å². The molecule has 3 rings (SSSR count). The zero-order chi connectivity index (χ0) is 15.4. The van der Waals surface area contributed by atoms with Crippen LogP contribution >= 0.6 is 0 Å². The lowest BCUT2D eigenvalue weighted by Crippen LogP contribution is -1.93. The Morgan fingerprint density at radius 3 is 2.68 bits per heavy atom. The fourth-order valence-electron chi connectivity index (χ4n) is 2.07. The average molecular weight is 290 g/mol. The first-order valence-electron chi connectivity index (χ1n) is 6.84. The van der Waals surface area contributed by atoms with Crippen LogP contribution in [0.2, 0.25) is 0 Å². The lowest BCUT2D eigenvalue weighted by Gasteiger charge is -1.98. The summed E-state index contributed by atoms with van der Waals surface area (Å²) in [5.41, 5.74) is 2.24. The van der Waals surface area contributed by atoms with Crippen LogP contribution in [0.25, 0.3) is 11.8 Å². The van der Waals surface area contributed by atoms with E-state index in [0.717, 1.165) is 11.3 Å². The van der Waals surface area contributed by atoms with Crippen LogP contribution < -0.4 is 0 Å². The molecule has 0 aliphatic carbocycles. The van der Waals surface area contributed by atoms with Crippen LogP contribution in [0.3, 0.4) is 0 Å². The van der Waals surface area contributed by atoms with Crippen molar-refractivity contribution >= 4 is 11.9 Å². The van der Waals surface area contributed by atoms with Crippen molar-refractivity contribution in [1.29, 1.82) is 0 Å². The number of phenolic OH excluding ortho intramolecular Hbond substituents is 1. The van der Waals surface area contributed by atoms with E-state index in [4.69, 9.17) is 0 Å². The zero-order valence-corrected chi connectivity index (χ0v) is 11.8. The highest BCUT2D eigenvalue weighted by Gasteiger charge is 2.03. The van der Waals surface area contributed by atoms with Gasteiger partial charge in [-0.25, -0.2) is 4.68 Å². The molecule has 0 unspecified atom stereocenters. The standard InChI is InChI=1S/C18H14N2O2/c21-17-8-4-5-15(11-17)18(22)10-9-14-12-19-20(13-14)16-6-2-1-3-7-16/h1-13,21H/b10-9+. The maximum Gasteiger partial charge on any atom is 0.185 e. The van der Waals surface area contributed by atoms with Crippen LogP contribution in [0.1, 0.15) is 15.9 Å². The molecule has 1 N–H and O–H groups in total. The van der Waals surface area contributed by atoms with Crippen molar-refractivity contribution in [3.8, 4) is 11.4 Å². The molecule has 4 nitrogen and oxygen atoms in total. The van der Waals surface area contributed by atoms with Crippen LogP contribution in [0.15, 0.2) is 73.1 Å². The number of carbonyl (C=O) groups excluding carboxylic acids is 1. The second kappa shape index (κ2) is 6.10. The van der Waals surface area contributed by atoms with Crippen molar-refractivity contribution in [2.24, 2.45) is 0 Å². The van der Waals surface area contributed by atoms with Gasteiger partial charge in [-0.1, -0.05) is 30.3 Å². The first-order chi connectivity index (χ1) is 10.7. The van der Waals surface area contributed by atoms with E-state index >= 15 is 0 Å². The summed E-state index contributed by atoms with van der Waals surface area (Å²) >= 11 is 0. The normalized spacial score (nSPS) is 10.9. The first-order valence-corrected chi connectivity index (χ1v) is 6.84. The van der Waals surface area contributed by atoms with E-state index < -0.39 is 0 Å². The SMILES string of the molecule is O=C(/C=C/c1cnn(-c2ccccc2)c1)c1cccc(O)c1. The molecule has 0 saturated heterocycles. The molecule has 0 atom stereocenters. The van der Waals surface area contributed by atoms with Crippen molar-refractivity contribution in [2.45, 2.75) is 0 Å². The van der Waals surface area contributed by atoms with Gasteiger partial charge >= 0.3 is 0 Å². The molecular formula is C18H14N2O2. The number of rotatable bonds is 4. The van der Waals surface area contributed by atoms with Gasteiger partial charge in [0.2, 0.25) is 0 Å². The number of benzene rings is 2. The molecule has 1 heterocycles. The first kappa shape index (κ1) is 13.8. The quantitative estimate of drug-likeness (QED) is 0.591. The number of phenols is 1. The lowest BCUT2D eigenvalue weighted by atomic mass is 10.1. The molecule has 22 heavy (non-hydrogen) atoms. The monoisotopic (exact) mass is 290 g/mol. The van der Waals surface area contributed by atoms with Gasteiger partial charge in [-0.15, -0.1) is 0 Å². The molecule has 0 amide bonds. The van der Waals surface area contributed by atoms with Crippen LogP contribution in [-0.2, 0) is 0 Å². The third-order valence-corrected chi connectivity index (χ3v) is 3.18. The van der Waals surface area contributed by atoms with Crippen molar-refractivity contribution in [3.63, 3.8) is 0 Å². The summed E-state index contributed by atoms with van der Waals surface area (Å²) in [6.07, 6.45) is 6.72. The Morgan fingerprint density at radius 2 is 1.91 bits per heavy atom. The van der Waals surface area contributed by atoms with Crippen molar-refractivity contribution in [3.05, 3.63) is 84.2 Å². The Balaban J connectivity index is 1.76. The fourth-order valence-corrected chi connectivity index (χ4v) is 2.07. The maximum atomic E-state index is 12.0. The molecule has 108 valence electrons. The molecule has 0 saturated carbocycles. The number of carbonyl (C=O) groups is 1. The van der Waals surface area contributed by atoms with E-state index in [0.29, 0.717) is 5.56 Å². The minimum atomic E-state index is -0.164. The molecule has 1 aromatic heterocycles. The number of ketones is 1. The van der Waals surface area contributed by atoms with E-state index in [2.05, 4.69) is 5.10 Å². The number of nitrogens with zero attached hydrogens (tertiary/aromatic N) is 2. The minimum Gasteiger partial charge on any atom is -0.508 e. The molecule has 0 fully saturated rings. The van der Waals surface area contributed by atoms with Crippen LogP contribution in [-0.4, -0.2) is 20.7 Å². The van der Waals surface area contributed by atoms with Gasteiger partial charge in [-0.3, -0.25) is 4.79 Å². The van der Waals surface area contributed by atoms with Crippen LogP contribution in [0.4, 0.5) is 0 Å². The summed E-state index contributed by atoms with van der Waals surface area (Å²) < 4.78 is 1.75. The fraction of sp³-hybridized carbons (Fsp3) is 0. The van der Waals surface area contributed by atoms with E-state index in [1.54, 1.807) is 29.1 Å². The Bertz CT molecular complexity index is 820. The second-order valence-corrected chi connectivity index (χ2v) is 4.80. The Kier molecular flexibility index (Phi) is 3.83. The van der Waals surface area contributed by atoms with E-state index in [1.807, 2.05) is 36.5 Å². The van der Waals surface area contributed by atoms with Gasteiger partial charge in [0.05, 0.1) is 11.9 Å². The zero-order valence-electron chi connectivity index (χ0n) is 11.8. The molecule has 0 aliphatic heterocycles. The van der Waals surface area contributed by atoms with Gasteiger partial charge < -0.3 is 5.11 Å². The number of hydrogen-bond donors (Lipinski definition) is 1. The average Bonchev–Trinajstić information content (AvgIpc) is 3.02. The van der Waals surface area contributed by atoms with Gasteiger partial charge in [0.25, 0.3) is 0 Å². The van der Waals surface area contributed by atoms with Crippen LogP contribution in [0.5, 0.6) is 5.75 Å². The third-order valence-electron chi connectivity index (χ3n) is 3.18. The largest absolute Gasteiger partial charge is 0.508 e. The van der Waals surface area contributed by atoms with Gasteiger partial charge in [0.1, 0.15) is 5.75 Å². The number of aromatic hydroxyl groups is 1. The van der Waals surface area contributed by atoms with E-state index in [9.17, 15) is 9.90 Å². The highest BCUT2D eigenvalue weighted by molar-refractivity contribution is 6.06. The summed E-state index contributed by atoms with van der Waals surface area (Å²) in [7, 11) is 0. The minimum absolute atomic E-state index is 0.0798. The third kappa shape index (κ3) is 3.12. The van der Waals surface area contributed by atoms with Crippen molar-refractivity contribution in [1.82, 2.24) is 9.78 Å². The highest BCUT2D eigenvalue weighted by atomic mass is 16.3. The molecular weight excluding hydrogens is 276 g/mol. The molecule has 0 spiro atoms. The van der Waals surface area contributed by atoms with Crippen LogP contribution in [0, 0.1) is 0 Å². The van der Waals surface area contributed by atoms with Gasteiger partial charge in [-0.2, -0.15) is 5.10 Å². The molecule has 4 heteroatoms. The van der Waals surface area contributed by atoms with E-state index in [-0.39, 0.29) is 11.5 Å². The maximum absolute atomic E-state index is 12.0. The number of allylic oxidation sites excluding steroid dienone is 1. The summed E-state index contributed by atoms with van der Waals surface area (Å²) in [5, 5.41) is 13.7. The predicted molar refractivity (Wildman–Crippen MR) is 85.0 cm³/mol. The Labute approximate surface area is 128 Å². The smallest absolute Gasteiger partial charge is 0.185 e. The summed E-state index contributed by atoms with van der Waals surface area (Å²) in [5.74, 6) is -0.0838. The summed E-state index contributed by atoms with van der Waals surface area (Å²) in [6, 6.07) is 16.0. The number of hydrogen-bond acceptors (Lipinski definition) is 3. The van der Waals surface area contributed by atoms with Gasteiger partial charge in [0.15, 0.2) is 5.78 Å². The second-order valence-electron chi connectivity index (χ2n) is 4.80. The summed E-state index contributed by atoms with van der Waals surface area (Å²) in [4.78, 5) is 12.0. The van der Waals surface area contributed by atoms with Gasteiger partial charge in [-0.05, 0) is 36.4 Å². The molecule has 0 aliphatic rings. The topological polar surface area (TPSA) is 55.1 Å². The molecule has 0 radical (unpaired) electrons. The number of para-hydroxylation sites is 1. The van der Waals surface area contributed by atoms with Crippen molar-refractivity contribution in [2.75, 3.05) is 0 Å². The summed E-state index contributed by atoms with van der Waals surface area (Å²) in [6.45, 7) is 0. The Morgan fingerprint density at radius 1 is 1.09 bits per heavy atom.